The first-order valence-electron chi connectivity index (χ1n) is 19.6. The Balaban J connectivity index is -0.000000206. The van der Waals surface area contributed by atoms with Crippen LogP contribution in [0.15, 0.2) is 152 Å². The zero-order valence-corrected chi connectivity index (χ0v) is 47.5. The van der Waals surface area contributed by atoms with Crippen LogP contribution in [0.4, 0.5) is 0 Å². The smallest absolute Gasteiger partial charge is 0.104 e. The van der Waals surface area contributed by atoms with E-state index in [0.29, 0.717) is 0 Å². The van der Waals surface area contributed by atoms with E-state index in [1.54, 1.807) is 0 Å². The van der Waals surface area contributed by atoms with Crippen LogP contribution >= 0.6 is 0 Å². The molecule has 0 saturated carbocycles. The monoisotopic (exact) mass is 1150 g/mol. The lowest BCUT2D eigenvalue weighted by Gasteiger charge is -2.23. The number of rotatable bonds is 10. The van der Waals surface area contributed by atoms with Gasteiger partial charge in [-0.05, 0) is 0 Å². The van der Waals surface area contributed by atoms with Crippen molar-refractivity contribution in [1.29, 1.82) is 0 Å². The number of halogens is 5. The number of nitrogens with zero attached hydrogens (tertiary/aromatic N) is 5. The molecule has 0 bridgehead atoms. The van der Waals surface area contributed by atoms with Crippen LogP contribution in [0.5, 0.6) is 0 Å². The molecular weight excluding hydrogens is 1070 g/mol. The minimum absolute atomic E-state index is 0. The molecule has 0 aromatic heterocycles. The van der Waals surface area contributed by atoms with Crippen LogP contribution in [0, 0.1) is 0 Å². The van der Waals surface area contributed by atoms with Crippen molar-refractivity contribution >= 4 is 0 Å². The molecule has 5 nitrogen and oxygen atoms in total. The van der Waals surface area contributed by atoms with Crippen molar-refractivity contribution in [3.63, 3.8) is 0 Å². The highest BCUT2D eigenvalue weighted by molar-refractivity contribution is 5.16. The Labute approximate surface area is 421 Å². The lowest BCUT2D eigenvalue weighted by molar-refractivity contribution is -0.884. The second-order valence-electron chi connectivity index (χ2n) is 19.7. The van der Waals surface area contributed by atoms with Gasteiger partial charge in [0.1, 0.15) is 32.7 Å². The van der Waals surface area contributed by atoms with Crippen molar-refractivity contribution in [3.8, 4) is 0 Å². The Kier molecular flexibility index (Phi) is 38.0. The van der Waals surface area contributed by atoms with Gasteiger partial charge < -0.3 is 107 Å². The summed E-state index contributed by atoms with van der Waals surface area (Å²) in [6.07, 6.45) is 0. The van der Waals surface area contributed by atoms with Crippen LogP contribution in [-0.2, 0) is 32.7 Å². The lowest BCUT2D eigenvalue weighted by Crippen LogP contribution is -3.00. The van der Waals surface area contributed by atoms with E-state index in [9.17, 15) is 0 Å². The normalized spacial score (nSPS) is 10.6. The van der Waals surface area contributed by atoms with Gasteiger partial charge in [0.25, 0.3) is 0 Å². The van der Waals surface area contributed by atoms with Crippen molar-refractivity contribution < 1.29 is 107 Å². The van der Waals surface area contributed by atoms with Gasteiger partial charge in [-0.2, -0.15) is 0 Å². The van der Waals surface area contributed by atoms with Gasteiger partial charge in [-0.25, -0.2) is 0 Å². The zero-order chi connectivity index (χ0) is 41.6. The third-order valence-corrected chi connectivity index (χ3v) is 7.50. The molecule has 0 N–H and O–H groups in total. The topological polar surface area (TPSA) is 0 Å². The highest BCUT2D eigenvalue weighted by Crippen LogP contribution is 2.08. The largest absolute Gasteiger partial charge is 1.00 e. The Morgan fingerprint density at radius 1 is 0.200 bits per heavy atom. The number of benzene rings is 5. The van der Waals surface area contributed by atoms with Gasteiger partial charge in [0.05, 0.1) is 106 Å². The van der Waals surface area contributed by atoms with Gasteiger partial charge in [-0.1, -0.05) is 152 Å². The Morgan fingerprint density at radius 2 is 0.300 bits per heavy atom. The Bertz CT molecular complexity index is 1360. The van der Waals surface area contributed by atoms with Gasteiger partial charge in [0.2, 0.25) is 0 Å². The summed E-state index contributed by atoms with van der Waals surface area (Å²) in [5.74, 6) is 0. The minimum Gasteiger partial charge on any atom is -1.00 e. The van der Waals surface area contributed by atoms with E-state index in [2.05, 4.69) is 257 Å². The molecule has 0 saturated heterocycles. The molecule has 0 aliphatic rings. The van der Waals surface area contributed by atoms with Crippen LogP contribution in [-0.4, -0.2) is 128 Å². The van der Waals surface area contributed by atoms with Gasteiger partial charge >= 0.3 is 0 Å². The molecule has 0 radical (unpaired) electrons. The third kappa shape index (κ3) is 43.0. The van der Waals surface area contributed by atoms with Crippen molar-refractivity contribution in [2.75, 3.05) is 106 Å². The van der Waals surface area contributed by atoms with Crippen molar-refractivity contribution in [2.45, 2.75) is 32.7 Å². The molecule has 0 fully saturated rings. The van der Waals surface area contributed by atoms with Crippen LogP contribution in [0.3, 0.4) is 0 Å². The molecule has 0 aliphatic carbocycles. The zero-order valence-electron chi connectivity index (χ0n) is 39.6. The van der Waals surface area contributed by atoms with Gasteiger partial charge in [-0.15, -0.1) is 0 Å². The summed E-state index contributed by atoms with van der Waals surface area (Å²) in [5.41, 5.74) is 7.01. The molecule has 0 amide bonds. The molecule has 0 heterocycles. The maximum Gasteiger partial charge on any atom is 0.104 e. The second kappa shape index (κ2) is 33.8. The van der Waals surface area contributed by atoms with E-state index in [4.69, 9.17) is 0 Å². The highest BCUT2D eigenvalue weighted by Gasteiger charge is 2.09. The van der Waals surface area contributed by atoms with E-state index in [1.165, 1.54) is 27.8 Å². The highest BCUT2D eigenvalue weighted by atomic mass is 79.9. The Morgan fingerprint density at radius 3 is 0.383 bits per heavy atom. The average molecular weight is 1150 g/mol. The predicted octanol–water partition coefficient (Wildman–Crippen LogP) is -5.52. The quantitative estimate of drug-likeness (QED) is 0.123. The summed E-state index contributed by atoms with van der Waals surface area (Å²) in [6, 6.07) is 52.9. The van der Waals surface area contributed by atoms with Gasteiger partial charge in [0, 0.05) is 27.8 Å². The number of quaternary nitrogens is 5. The van der Waals surface area contributed by atoms with Crippen LogP contribution in [0.1, 0.15) is 27.8 Å². The summed E-state index contributed by atoms with van der Waals surface area (Å²) in [5, 5.41) is 0. The molecular formula is C50H80Br5N5. The molecule has 5 rings (SSSR count). The first kappa shape index (κ1) is 67.4. The molecule has 0 aliphatic heterocycles. The standard InChI is InChI=1S/5C10H16N.5BrH/c5*1-11(2,3)9-10-7-5-4-6-8-10;;;;;/h5*4-8H,9H2,1-3H3;5*1H/q5*+1;;;;;/p-5. The molecule has 0 spiro atoms. The summed E-state index contributed by atoms with van der Waals surface area (Å²) in [6.45, 7) is 5.49. The average Bonchev–Trinajstić information content (AvgIpc) is 3.05. The summed E-state index contributed by atoms with van der Waals surface area (Å²) in [4.78, 5) is 0. The summed E-state index contributed by atoms with van der Waals surface area (Å²) >= 11 is 0. The molecule has 60 heavy (non-hydrogen) atoms. The fourth-order valence-corrected chi connectivity index (χ4v) is 5.66. The van der Waals surface area contributed by atoms with E-state index >= 15 is 0 Å². The fourth-order valence-electron chi connectivity index (χ4n) is 5.66. The summed E-state index contributed by atoms with van der Waals surface area (Å²) < 4.78 is 4.95. The van der Waals surface area contributed by atoms with Crippen LogP contribution < -0.4 is 84.9 Å². The van der Waals surface area contributed by atoms with E-state index in [1.807, 2.05) is 0 Å². The lowest BCUT2D eigenvalue weighted by atomic mass is 10.2. The van der Waals surface area contributed by atoms with E-state index < -0.39 is 0 Å². The van der Waals surface area contributed by atoms with Crippen molar-refractivity contribution in [1.82, 2.24) is 0 Å². The van der Waals surface area contributed by atoms with Gasteiger partial charge in [0.15, 0.2) is 0 Å². The van der Waals surface area contributed by atoms with E-state index in [0.717, 1.165) is 55.1 Å². The Hall–Kier alpha value is -1.70. The van der Waals surface area contributed by atoms with Crippen LogP contribution in [0.25, 0.3) is 0 Å². The summed E-state index contributed by atoms with van der Waals surface area (Å²) in [7, 11) is 33.0. The maximum atomic E-state index is 2.20. The molecule has 5 aromatic rings. The SMILES string of the molecule is C[N+](C)(C)Cc1ccccc1.C[N+](C)(C)Cc1ccccc1.C[N+](C)(C)Cc1ccccc1.C[N+](C)(C)Cc1ccccc1.C[N+](C)(C)Cc1ccccc1.[Br-].[Br-].[Br-].[Br-].[Br-]. The predicted molar refractivity (Wildman–Crippen MR) is 241 cm³/mol. The first-order chi connectivity index (χ1) is 25.4. The third-order valence-electron chi connectivity index (χ3n) is 7.50. The number of hydrogen-bond donors (Lipinski definition) is 0. The van der Waals surface area contributed by atoms with Crippen molar-refractivity contribution in [2.24, 2.45) is 0 Å². The molecule has 0 unspecified atom stereocenters. The van der Waals surface area contributed by atoms with Crippen LogP contribution in [0.2, 0.25) is 0 Å². The van der Waals surface area contributed by atoms with Crippen molar-refractivity contribution in [3.05, 3.63) is 179 Å². The van der Waals surface area contributed by atoms with Gasteiger partial charge in [-0.3, -0.25) is 0 Å². The minimum atomic E-state index is 0. The molecule has 5 aromatic carbocycles. The van der Waals surface area contributed by atoms with E-state index in [-0.39, 0.29) is 84.9 Å². The second-order valence-corrected chi connectivity index (χ2v) is 19.7. The fraction of sp³-hybridized carbons (Fsp3) is 0.400. The molecule has 0 atom stereocenters. The number of hydrogen-bond acceptors (Lipinski definition) is 0. The molecule has 10 heteroatoms. The maximum absolute atomic E-state index is 2.20. The molecule has 340 valence electrons. The first-order valence-corrected chi connectivity index (χ1v) is 19.6.